The highest BCUT2D eigenvalue weighted by molar-refractivity contribution is 7.09. The Hall–Kier alpha value is -1.39. The van der Waals surface area contributed by atoms with Gasteiger partial charge in [-0.3, -0.25) is 4.79 Å². The van der Waals surface area contributed by atoms with E-state index in [1.165, 1.54) is 11.3 Å². The van der Waals surface area contributed by atoms with E-state index in [9.17, 15) is 4.79 Å². The Labute approximate surface area is 121 Å². The third-order valence-corrected chi connectivity index (χ3v) is 3.64. The number of carbonyl (C=O) groups is 1. The molecule has 0 N–H and O–H groups in total. The second-order valence-corrected chi connectivity index (χ2v) is 5.59. The van der Waals surface area contributed by atoms with Gasteiger partial charge in [-0.1, -0.05) is 30.3 Å². The summed E-state index contributed by atoms with van der Waals surface area (Å²) in [5.74, 6) is 0.357. The molecule has 0 radical (unpaired) electrons. The van der Waals surface area contributed by atoms with Crippen molar-refractivity contribution in [2.75, 3.05) is 12.4 Å². The number of nitrogens with zero attached hydrogens (tertiary/aromatic N) is 2. The van der Waals surface area contributed by atoms with Crippen LogP contribution in [0.5, 0.6) is 0 Å². The van der Waals surface area contributed by atoms with Crippen molar-refractivity contribution in [2.45, 2.75) is 13.5 Å². The first kappa shape index (κ1) is 14.0. The molecule has 0 spiro atoms. The van der Waals surface area contributed by atoms with Crippen LogP contribution >= 0.6 is 22.9 Å². The highest BCUT2D eigenvalue weighted by Crippen LogP contribution is 2.13. The van der Waals surface area contributed by atoms with Crippen LogP contribution in [0.4, 0.5) is 0 Å². The number of amides is 1. The lowest BCUT2D eigenvalue weighted by atomic mass is 10.2. The Morgan fingerprint density at radius 2 is 2.11 bits per heavy atom. The van der Waals surface area contributed by atoms with Crippen LogP contribution in [0.1, 0.15) is 21.1 Å². The number of halogens is 1. The number of hydrogen-bond donors (Lipinski definition) is 0. The van der Waals surface area contributed by atoms with Gasteiger partial charge in [-0.25, -0.2) is 4.98 Å². The van der Waals surface area contributed by atoms with Crippen LogP contribution in [0.2, 0.25) is 0 Å². The molecule has 1 heterocycles. The fourth-order valence-electron chi connectivity index (χ4n) is 1.78. The molecule has 19 heavy (non-hydrogen) atoms. The summed E-state index contributed by atoms with van der Waals surface area (Å²) in [5, 5.41) is 2.69. The summed E-state index contributed by atoms with van der Waals surface area (Å²) in [5.41, 5.74) is 1.59. The summed E-state index contributed by atoms with van der Waals surface area (Å²) in [6, 6.07) is 9.89. The Bertz CT molecular complexity index is 541. The maximum Gasteiger partial charge on any atom is 0.273 e. The van der Waals surface area contributed by atoms with E-state index in [0.29, 0.717) is 24.7 Å². The number of aryl methyl sites for hydroxylation is 1. The number of thiazole rings is 1. The Morgan fingerprint density at radius 1 is 1.37 bits per heavy atom. The third-order valence-electron chi connectivity index (χ3n) is 2.70. The molecule has 2 aromatic rings. The quantitative estimate of drug-likeness (QED) is 0.793. The van der Waals surface area contributed by atoms with Crippen molar-refractivity contribution in [1.29, 1.82) is 0 Å². The summed E-state index contributed by atoms with van der Waals surface area (Å²) in [4.78, 5) is 18.3. The summed E-state index contributed by atoms with van der Waals surface area (Å²) < 4.78 is 0. The van der Waals surface area contributed by atoms with Gasteiger partial charge < -0.3 is 4.90 Å². The van der Waals surface area contributed by atoms with E-state index in [-0.39, 0.29) is 5.91 Å². The van der Waals surface area contributed by atoms with E-state index < -0.39 is 0 Å². The van der Waals surface area contributed by atoms with Gasteiger partial charge in [-0.15, -0.1) is 22.9 Å². The topological polar surface area (TPSA) is 33.2 Å². The molecule has 0 saturated heterocycles. The first-order valence-corrected chi connectivity index (χ1v) is 7.43. The second kappa shape index (κ2) is 6.68. The monoisotopic (exact) mass is 294 g/mol. The molecular formula is C14H15ClN2OS. The highest BCUT2D eigenvalue weighted by atomic mass is 35.5. The van der Waals surface area contributed by atoms with Gasteiger partial charge in [0.2, 0.25) is 0 Å². The molecule has 0 aliphatic rings. The SMILES string of the molecule is Cc1nc(C(=O)N(CCCl)Cc2ccccc2)cs1. The second-order valence-electron chi connectivity index (χ2n) is 4.15. The molecule has 100 valence electrons. The number of rotatable bonds is 5. The van der Waals surface area contributed by atoms with E-state index >= 15 is 0 Å². The van der Waals surface area contributed by atoms with Crippen molar-refractivity contribution in [3.05, 3.63) is 52.0 Å². The minimum atomic E-state index is -0.0612. The fraction of sp³-hybridized carbons (Fsp3) is 0.286. The van der Waals surface area contributed by atoms with E-state index in [4.69, 9.17) is 11.6 Å². The number of alkyl halides is 1. The average molecular weight is 295 g/mol. The predicted octanol–water partition coefficient (Wildman–Crippen LogP) is 3.33. The van der Waals surface area contributed by atoms with Crippen molar-refractivity contribution in [3.8, 4) is 0 Å². The summed E-state index contributed by atoms with van der Waals surface area (Å²) in [6.07, 6.45) is 0. The molecule has 5 heteroatoms. The molecule has 0 aliphatic heterocycles. The van der Waals surface area contributed by atoms with Crippen molar-refractivity contribution in [1.82, 2.24) is 9.88 Å². The predicted molar refractivity (Wildman–Crippen MR) is 78.8 cm³/mol. The van der Waals surface area contributed by atoms with Gasteiger partial charge in [-0.05, 0) is 12.5 Å². The summed E-state index contributed by atoms with van der Waals surface area (Å²) >= 11 is 7.27. The zero-order valence-corrected chi connectivity index (χ0v) is 12.2. The standard InChI is InChI=1S/C14H15ClN2OS/c1-11-16-13(10-19-11)14(18)17(8-7-15)9-12-5-3-2-4-6-12/h2-6,10H,7-9H2,1H3. The smallest absolute Gasteiger partial charge is 0.273 e. The normalized spacial score (nSPS) is 10.4. The van der Waals surface area contributed by atoms with Crippen LogP contribution in [0.25, 0.3) is 0 Å². The van der Waals surface area contributed by atoms with Crippen molar-refractivity contribution < 1.29 is 4.79 Å². The average Bonchev–Trinajstić information content (AvgIpc) is 2.85. The van der Waals surface area contributed by atoms with Crippen molar-refractivity contribution in [2.24, 2.45) is 0 Å². The lowest BCUT2D eigenvalue weighted by Gasteiger charge is -2.20. The minimum Gasteiger partial charge on any atom is -0.332 e. The molecule has 0 saturated carbocycles. The molecular weight excluding hydrogens is 280 g/mol. The zero-order chi connectivity index (χ0) is 13.7. The van der Waals surface area contributed by atoms with E-state index in [1.54, 1.807) is 10.3 Å². The highest BCUT2D eigenvalue weighted by Gasteiger charge is 2.17. The molecule has 0 aliphatic carbocycles. The zero-order valence-electron chi connectivity index (χ0n) is 10.7. The van der Waals surface area contributed by atoms with E-state index in [2.05, 4.69) is 4.98 Å². The van der Waals surface area contributed by atoms with E-state index in [0.717, 1.165) is 10.6 Å². The minimum absolute atomic E-state index is 0.0612. The van der Waals surface area contributed by atoms with Crippen LogP contribution in [-0.2, 0) is 6.54 Å². The molecule has 2 rings (SSSR count). The maximum atomic E-state index is 12.4. The van der Waals surface area contributed by atoms with Crippen molar-refractivity contribution >= 4 is 28.8 Å². The maximum absolute atomic E-state index is 12.4. The lowest BCUT2D eigenvalue weighted by Crippen LogP contribution is -2.32. The lowest BCUT2D eigenvalue weighted by molar-refractivity contribution is 0.0748. The summed E-state index contributed by atoms with van der Waals surface area (Å²) in [7, 11) is 0. The Morgan fingerprint density at radius 3 is 2.68 bits per heavy atom. The Balaban J connectivity index is 2.13. The first-order valence-electron chi connectivity index (χ1n) is 6.02. The van der Waals surface area contributed by atoms with Gasteiger partial charge in [0.1, 0.15) is 5.69 Å². The van der Waals surface area contributed by atoms with Gasteiger partial charge in [0.05, 0.1) is 5.01 Å². The fourth-order valence-corrected chi connectivity index (χ4v) is 2.57. The van der Waals surface area contributed by atoms with Crippen LogP contribution in [0.15, 0.2) is 35.7 Å². The molecule has 0 bridgehead atoms. The molecule has 0 fully saturated rings. The van der Waals surface area contributed by atoms with Gasteiger partial charge in [-0.2, -0.15) is 0 Å². The van der Waals surface area contributed by atoms with Crippen LogP contribution < -0.4 is 0 Å². The molecule has 3 nitrogen and oxygen atoms in total. The summed E-state index contributed by atoms with van der Waals surface area (Å²) in [6.45, 7) is 2.97. The number of benzene rings is 1. The van der Waals surface area contributed by atoms with Gasteiger partial charge in [0.25, 0.3) is 5.91 Å². The Kier molecular flexibility index (Phi) is 4.93. The van der Waals surface area contributed by atoms with Crippen LogP contribution in [0.3, 0.4) is 0 Å². The molecule has 0 unspecified atom stereocenters. The number of aromatic nitrogens is 1. The van der Waals surface area contributed by atoms with Gasteiger partial charge >= 0.3 is 0 Å². The van der Waals surface area contributed by atoms with E-state index in [1.807, 2.05) is 37.3 Å². The molecule has 0 atom stereocenters. The largest absolute Gasteiger partial charge is 0.332 e. The molecule has 1 aromatic carbocycles. The number of hydrogen-bond acceptors (Lipinski definition) is 3. The van der Waals surface area contributed by atoms with Gasteiger partial charge in [0, 0.05) is 24.3 Å². The first-order chi connectivity index (χ1) is 9.20. The molecule has 1 amide bonds. The molecule has 1 aromatic heterocycles. The third kappa shape index (κ3) is 3.78. The van der Waals surface area contributed by atoms with Crippen molar-refractivity contribution in [3.63, 3.8) is 0 Å². The van der Waals surface area contributed by atoms with Crippen LogP contribution in [0, 0.1) is 6.92 Å². The van der Waals surface area contributed by atoms with Crippen LogP contribution in [-0.4, -0.2) is 28.2 Å². The van der Waals surface area contributed by atoms with Gasteiger partial charge in [0.15, 0.2) is 0 Å². The number of carbonyl (C=O) groups excluding carboxylic acids is 1.